The third-order valence-corrected chi connectivity index (χ3v) is 1.56. The SMILES string of the molecule is CN(O)C1CCNC1.C[N-]C.[Y]. The second kappa shape index (κ2) is 10.0. The first-order valence-electron chi connectivity index (χ1n) is 3.82. The summed E-state index contributed by atoms with van der Waals surface area (Å²) in [6.45, 7) is 1.96. The number of nitrogens with zero attached hydrogens (tertiary/aromatic N) is 2. The predicted octanol–water partition coefficient (Wildman–Crippen LogP) is 0.287. The molecule has 2 N–H and O–H groups in total. The van der Waals surface area contributed by atoms with Crippen LogP contribution in [0.25, 0.3) is 5.32 Å². The van der Waals surface area contributed by atoms with Crippen LogP contribution < -0.4 is 5.32 Å². The predicted molar refractivity (Wildman–Crippen MR) is 46.0 cm³/mol. The van der Waals surface area contributed by atoms with E-state index in [-0.39, 0.29) is 32.7 Å². The van der Waals surface area contributed by atoms with Gasteiger partial charge < -0.3 is 15.8 Å². The maximum absolute atomic E-state index is 8.85. The molecule has 0 aliphatic carbocycles. The fourth-order valence-corrected chi connectivity index (χ4v) is 0.958. The molecule has 1 aliphatic heterocycles. The minimum atomic E-state index is 0. The summed E-state index contributed by atoms with van der Waals surface area (Å²) in [5.41, 5.74) is 0. The van der Waals surface area contributed by atoms with Crippen molar-refractivity contribution in [2.24, 2.45) is 0 Å². The van der Waals surface area contributed by atoms with Gasteiger partial charge in [0.1, 0.15) is 0 Å². The number of likely N-dealkylation sites (N-methyl/N-ethyl adjacent to an activating group) is 1. The first-order chi connectivity index (χ1) is 5.22. The minimum Gasteiger partial charge on any atom is -0.668 e. The first-order valence-corrected chi connectivity index (χ1v) is 3.82. The van der Waals surface area contributed by atoms with E-state index in [2.05, 4.69) is 10.6 Å². The molecule has 0 saturated carbocycles. The molecular formula is C7H18N3OY-. The van der Waals surface area contributed by atoms with Gasteiger partial charge in [-0.1, -0.05) is 0 Å². The van der Waals surface area contributed by atoms with Crippen molar-refractivity contribution in [2.75, 3.05) is 34.2 Å². The summed E-state index contributed by atoms with van der Waals surface area (Å²) in [5, 5.41) is 16.8. The van der Waals surface area contributed by atoms with Gasteiger partial charge in [-0.05, 0) is 13.0 Å². The van der Waals surface area contributed by atoms with Gasteiger partial charge in [-0.2, -0.15) is 19.2 Å². The maximum Gasteiger partial charge on any atom is 0.0483 e. The van der Waals surface area contributed by atoms with Crippen LogP contribution in [0.15, 0.2) is 0 Å². The van der Waals surface area contributed by atoms with Crippen molar-refractivity contribution in [1.29, 1.82) is 0 Å². The van der Waals surface area contributed by atoms with Gasteiger partial charge >= 0.3 is 0 Å². The molecule has 1 rings (SSSR count). The van der Waals surface area contributed by atoms with Crippen molar-refractivity contribution in [1.82, 2.24) is 10.4 Å². The summed E-state index contributed by atoms with van der Waals surface area (Å²) in [4.78, 5) is 0. The molecule has 0 aromatic heterocycles. The van der Waals surface area contributed by atoms with E-state index in [9.17, 15) is 0 Å². The zero-order valence-corrected chi connectivity index (χ0v) is 11.0. The van der Waals surface area contributed by atoms with E-state index in [4.69, 9.17) is 5.21 Å². The van der Waals surface area contributed by atoms with Crippen LogP contribution in [0.1, 0.15) is 6.42 Å². The molecule has 1 radical (unpaired) electrons. The Morgan fingerprint density at radius 3 is 2.17 bits per heavy atom. The molecule has 12 heavy (non-hydrogen) atoms. The van der Waals surface area contributed by atoms with Gasteiger partial charge in [0.15, 0.2) is 0 Å². The Morgan fingerprint density at radius 2 is 2.00 bits per heavy atom. The molecule has 1 atom stereocenters. The molecule has 1 heterocycles. The minimum absolute atomic E-state index is 0. The summed E-state index contributed by atoms with van der Waals surface area (Å²) in [6, 6.07) is 0.343. The summed E-state index contributed by atoms with van der Waals surface area (Å²) < 4.78 is 0. The number of hydrogen-bond donors (Lipinski definition) is 2. The van der Waals surface area contributed by atoms with E-state index in [1.807, 2.05) is 0 Å². The van der Waals surface area contributed by atoms with Crippen molar-refractivity contribution in [3.63, 3.8) is 0 Å². The number of hydrogen-bond acceptors (Lipinski definition) is 3. The van der Waals surface area contributed by atoms with Crippen LogP contribution in [0.5, 0.6) is 0 Å². The van der Waals surface area contributed by atoms with Crippen LogP contribution in [0.3, 0.4) is 0 Å². The van der Waals surface area contributed by atoms with Crippen molar-refractivity contribution in [2.45, 2.75) is 12.5 Å². The summed E-state index contributed by atoms with van der Waals surface area (Å²) in [5.74, 6) is 0. The Hall–Kier alpha value is 0.944. The van der Waals surface area contributed by atoms with E-state index < -0.39 is 0 Å². The summed E-state index contributed by atoms with van der Waals surface area (Å²) >= 11 is 0. The van der Waals surface area contributed by atoms with Gasteiger partial charge in [0.2, 0.25) is 0 Å². The van der Waals surface area contributed by atoms with Gasteiger partial charge in [0, 0.05) is 52.3 Å². The topological polar surface area (TPSA) is 49.6 Å². The second-order valence-corrected chi connectivity index (χ2v) is 2.67. The average Bonchev–Trinajstić information content (AvgIpc) is 2.38. The van der Waals surface area contributed by atoms with Crippen LogP contribution in [0.4, 0.5) is 0 Å². The molecule has 0 aromatic rings. The van der Waals surface area contributed by atoms with Crippen LogP contribution in [-0.4, -0.2) is 50.5 Å². The second-order valence-electron chi connectivity index (χ2n) is 2.67. The monoisotopic (exact) mass is 249 g/mol. The zero-order chi connectivity index (χ0) is 8.69. The van der Waals surface area contributed by atoms with Crippen LogP contribution in [0.2, 0.25) is 0 Å². The van der Waals surface area contributed by atoms with E-state index in [0.717, 1.165) is 19.5 Å². The third kappa shape index (κ3) is 7.59. The fourth-order valence-electron chi connectivity index (χ4n) is 0.958. The van der Waals surface area contributed by atoms with Crippen LogP contribution in [-0.2, 0) is 32.7 Å². The molecule has 1 unspecified atom stereocenters. The Balaban J connectivity index is 0. The Bertz CT molecular complexity index is 86.7. The van der Waals surface area contributed by atoms with Gasteiger partial charge in [0.25, 0.3) is 0 Å². The van der Waals surface area contributed by atoms with Crippen molar-refractivity contribution in [3.8, 4) is 0 Å². The quantitative estimate of drug-likeness (QED) is 0.656. The van der Waals surface area contributed by atoms with Crippen LogP contribution in [0, 0.1) is 0 Å². The van der Waals surface area contributed by atoms with Gasteiger partial charge in [-0.25, -0.2) is 0 Å². The molecule has 5 heteroatoms. The zero-order valence-electron chi connectivity index (χ0n) is 8.12. The Kier molecular flexibility index (Phi) is 12.9. The van der Waals surface area contributed by atoms with E-state index in [0.29, 0.717) is 6.04 Å². The summed E-state index contributed by atoms with van der Waals surface area (Å²) in [7, 11) is 5.19. The Morgan fingerprint density at radius 1 is 1.50 bits per heavy atom. The van der Waals surface area contributed by atoms with E-state index in [1.165, 1.54) is 5.06 Å². The molecule has 4 nitrogen and oxygen atoms in total. The molecule has 0 spiro atoms. The van der Waals surface area contributed by atoms with Gasteiger partial charge in [-0.3, -0.25) is 0 Å². The molecule has 0 amide bonds. The fraction of sp³-hybridized carbons (Fsp3) is 1.00. The largest absolute Gasteiger partial charge is 0.668 e. The maximum atomic E-state index is 8.85. The number of nitrogens with one attached hydrogen (secondary N) is 1. The molecular weight excluding hydrogens is 231 g/mol. The summed E-state index contributed by atoms with van der Waals surface area (Å²) in [6.07, 6.45) is 1.06. The van der Waals surface area contributed by atoms with E-state index in [1.54, 1.807) is 21.1 Å². The molecule has 0 bridgehead atoms. The number of hydroxylamine groups is 2. The molecule has 0 aromatic carbocycles. The molecule has 71 valence electrons. The molecule has 1 fully saturated rings. The van der Waals surface area contributed by atoms with Gasteiger partial charge in [0.05, 0.1) is 0 Å². The number of rotatable bonds is 1. The first kappa shape index (κ1) is 15.4. The van der Waals surface area contributed by atoms with Gasteiger partial charge in [-0.15, -0.1) is 0 Å². The van der Waals surface area contributed by atoms with E-state index >= 15 is 0 Å². The third-order valence-electron chi connectivity index (χ3n) is 1.56. The van der Waals surface area contributed by atoms with Crippen LogP contribution >= 0.6 is 0 Å². The molecule has 1 aliphatic rings. The average molecular weight is 249 g/mol. The van der Waals surface area contributed by atoms with Crippen molar-refractivity contribution >= 4 is 0 Å². The molecule has 1 saturated heterocycles. The van der Waals surface area contributed by atoms with Crippen molar-refractivity contribution in [3.05, 3.63) is 5.32 Å². The smallest absolute Gasteiger partial charge is 0.0483 e. The Labute approximate surface area is 99.9 Å². The standard InChI is InChI=1S/C5H12N2O.C2H6N.Y/c1-7(8)5-2-3-6-4-5;1-3-2;/h5-6,8H,2-4H2,1H3;1-2H3;/q;-1;. The van der Waals surface area contributed by atoms with Crippen molar-refractivity contribution < 1.29 is 37.9 Å². The normalized spacial score (nSPS) is 21.2.